The van der Waals surface area contributed by atoms with Gasteiger partial charge in [-0.3, -0.25) is 4.98 Å². The van der Waals surface area contributed by atoms with Crippen LogP contribution in [0.1, 0.15) is 11.5 Å². The first-order valence-electron chi connectivity index (χ1n) is 4.52. The molecule has 6 heteroatoms. The molecule has 0 radical (unpaired) electrons. The molecule has 0 amide bonds. The molecule has 84 valence electrons. The predicted molar refractivity (Wildman–Crippen MR) is 51.6 cm³/mol. The molecule has 2 heterocycles. The molecule has 0 aliphatic rings. The Bertz CT molecular complexity index is 488. The molecule has 2 rings (SSSR count). The van der Waals surface area contributed by atoms with Crippen molar-refractivity contribution in [3.63, 3.8) is 0 Å². The van der Waals surface area contributed by atoms with Gasteiger partial charge < -0.3 is 4.98 Å². The molecule has 0 aromatic carbocycles. The lowest BCUT2D eigenvalue weighted by atomic mass is 10.2. The summed E-state index contributed by atoms with van der Waals surface area (Å²) in [5.41, 5.74) is 1.22. The van der Waals surface area contributed by atoms with Crippen LogP contribution >= 0.6 is 0 Å². The van der Waals surface area contributed by atoms with E-state index < -0.39 is 12.0 Å². The second-order valence-electron chi connectivity index (χ2n) is 3.30. The number of nitrogens with zero attached hydrogens (tertiary/aromatic N) is 2. The maximum absolute atomic E-state index is 12.4. The van der Waals surface area contributed by atoms with Gasteiger partial charge >= 0.3 is 6.18 Å². The van der Waals surface area contributed by atoms with Gasteiger partial charge in [0.25, 0.3) is 0 Å². The average molecular weight is 227 g/mol. The second-order valence-corrected chi connectivity index (χ2v) is 3.30. The lowest BCUT2D eigenvalue weighted by Crippen LogP contribution is -2.07. The zero-order valence-corrected chi connectivity index (χ0v) is 8.34. The fourth-order valence-electron chi connectivity index (χ4n) is 1.38. The highest BCUT2D eigenvalue weighted by molar-refractivity contribution is 5.60. The number of imidazole rings is 1. The molecule has 0 fully saturated rings. The molecule has 0 bridgehead atoms. The summed E-state index contributed by atoms with van der Waals surface area (Å²) in [6.45, 7) is 1.55. The lowest BCUT2D eigenvalue weighted by molar-refractivity contribution is -0.144. The number of aromatic amines is 1. The Balaban J connectivity index is 2.48. The van der Waals surface area contributed by atoms with Crippen molar-refractivity contribution >= 4 is 0 Å². The van der Waals surface area contributed by atoms with Crippen molar-refractivity contribution in [3.05, 3.63) is 36.0 Å². The lowest BCUT2D eigenvalue weighted by Gasteiger charge is -1.99. The van der Waals surface area contributed by atoms with E-state index in [0.717, 1.165) is 0 Å². The Hall–Kier alpha value is -1.85. The number of pyridine rings is 1. The third kappa shape index (κ3) is 1.91. The predicted octanol–water partition coefficient (Wildman–Crippen LogP) is 2.80. The van der Waals surface area contributed by atoms with Gasteiger partial charge in [0, 0.05) is 23.7 Å². The van der Waals surface area contributed by atoms with Crippen molar-refractivity contribution in [1.29, 1.82) is 0 Å². The number of hydrogen-bond acceptors (Lipinski definition) is 2. The molecule has 2 aromatic rings. The van der Waals surface area contributed by atoms with Crippen LogP contribution in [-0.4, -0.2) is 15.0 Å². The first-order chi connectivity index (χ1) is 7.48. The third-order valence-electron chi connectivity index (χ3n) is 2.09. The Morgan fingerprint density at radius 1 is 1.31 bits per heavy atom. The first-order valence-corrected chi connectivity index (χ1v) is 4.52. The van der Waals surface area contributed by atoms with Crippen molar-refractivity contribution in [1.82, 2.24) is 15.0 Å². The van der Waals surface area contributed by atoms with Crippen LogP contribution in [0.5, 0.6) is 0 Å². The highest BCUT2D eigenvalue weighted by Gasteiger charge is 2.35. The van der Waals surface area contributed by atoms with E-state index in [9.17, 15) is 13.2 Å². The molecular weight excluding hydrogens is 219 g/mol. The minimum Gasteiger partial charge on any atom is -0.338 e. The monoisotopic (exact) mass is 227 g/mol. The van der Waals surface area contributed by atoms with Crippen molar-refractivity contribution in [2.45, 2.75) is 13.1 Å². The topological polar surface area (TPSA) is 41.6 Å². The van der Waals surface area contributed by atoms with E-state index in [4.69, 9.17) is 0 Å². The largest absolute Gasteiger partial charge is 0.449 e. The zero-order chi connectivity index (χ0) is 11.8. The maximum atomic E-state index is 12.4. The van der Waals surface area contributed by atoms with Crippen molar-refractivity contribution in [3.8, 4) is 11.3 Å². The van der Waals surface area contributed by atoms with Crippen LogP contribution in [0.4, 0.5) is 13.2 Å². The summed E-state index contributed by atoms with van der Waals surface area (Å²) in [5.74, 6) is -0.983. The van der Waals surface area contributed by atoms with Crippen LogP contribution in [0.3, 0.4) is 0 Å². The molecule has 0 saturated heterocycles. The van der Waals surface area contributed by atoms with Gasteiger partial charge in [0.05, 0.1) is 5.69 Å². The standard InChI is InChI=1S/C10H8F3N3/c1-6-8(7-3-2-4-14-5-7)16-9(15-6)10(11,12)13/h2-5H,1H3,(H,15,16). The highest BCUT2D eigenvalue weighted by Crippen LogP contribution is 2.30. The molecule has 0 spiro atoms. The van der Waals surface area contributed by atoms with Crippen LogP contribution in [0, 0.1) is 6.92 Å². The molecule has 0 unspecified atom stereocenters. The van der Waals surface area contributed by atoms with Gasteiger partial charge in [-0.25, -0.2) is 4.98 Å². The van der Waals surface area contributed by atoms with E-state index in [1.165, 1.54) is 6.20 Å². The summed E-state index contributed by atoms with van der Waals surface area (Å²) < 4.78 is 37.2. The molecule has 3 nitrogen and oxygen atoms in total. The van der Waals surface area contributed by atoms with Gasteiger partial charge in [-0.2, -0.15) is 13.2 Å². The van der Waals surface area contributed by atoms with Gasteiger partial charge in [-0.15, -0.1) is 0 Å². The van der Waals surface area contributed by atoms with Gasteiger partial charge in [0.2, 0.25) is 5.82 Å². The zero-order valence-electron chi connectivity index (χ0n) is 8.34. The molecule has 1 N–H and O–H groups in total. The van der Waals surface area contributed by atoms with Crippen molar-refractivity contribution in [2.75, 3.05) is 0 Å². The molecule has 0 aliphatic carbocycles. The third-order valence-corrected chi connectivity index (χ3v) is 2.09. The SMILES string of the molecule is Cc1[nH]c(C(F)(F)F)nc1-c1cccnc1. The summed E-state index contributed by atoms with van der Waals surface area (Å²) >= 11 is 0. The molecular formula is C10H8F3N3. The van der Waals surface area contributed by atoms with Crippen LogP contribution in [0.25, 0.3) is 11.3 Å². The van der Waals surface area contributed by atoms with Crippen LogP contribution in [-0.2, 0) is 6.18 Å². The van der Waals surface area contributed by atoms with Gasteiger partial charge in [-0.05, 0) is 19.1 Å². The number of halogens is 3. The van der Waals surface area contributed by atoms with Gasteiger partial charge in [0.15, 0.2) is 0 Å². The summed E-state index contributed by atoms with van der Waals surface area (Å²) in [5, 5.41) is 0. The normalized spacial score (nSPS) is 11.8. The Morgan fingerprint density at radius 2 is 2.06 bits per heavy atom. The smallest absolute Gasteiger partial charge is 0.338 e. The minimum absolute atomic E-state index is 0.278. The van der Waals surface area contributed by atoms with E-state index in [1.54, 1.807) is 25.3 Å². The average Bonchev–Trinajstić information content (AvgIpc) is 2.61. The summed E-state index contributed by atoms with van der Waals surface area (Å²) in [7, 11) is 0. The molecule has 16 heavy (non-hydrogen) atoms. The number of rotatable bonds is 1. The van der Waals surface area contributed by atoms with E-state index in [-0.39, 0.29) is 5.69 Å². The van der Waals surface area contributed by atoms with Crippen LogP contribution in [0.15, 0.2) is 24.5 Å². The van der Waals surface area contributed by atoms with Crippen molar-refractivity contribution in [2.24, 2.45) is 0 Å². The Morgan fingerprint density at radius 3 is 2.56 bits per heavy atom. The fraction of sp³-hybridized carbons (Fsp3) is 0.200. The summed E-state index contributed by atoms with van der Waals surface area (Å²) in [6, 6.07) is 3.31. The first kappa shape index (κ1) is 10.7. The van der Waals surface area contributed by atoms with E-state index in [0.29, 0.717) is 11.3 Å². The summed E-state index contributed by atoms with van der Waals surface area (Å²) in [6.07, 6.45) is -1.43. The van der Waals surface area contributed by atoms with Gasteiger partial charge in [-0.1, -0.05) is 0 Å². The number of alkyl halides is 3. The van der Waals surface area contributed by atoms with E-state index >= 15 is 0 Å². The summed E-state index contributed by atoms with van der Waals surface area (Å²) in [4.78, 5) is 9.59. The highest BCUT2D eigenvalue weighted by atomic mass is 19.4. The van der Waals surface area contributed by atoms with Crippen LogP contribution in [0.2, 0.25) is 0 Å². The fourth-order valence-corrected chi connectivity index (χ4v) is 1.38. The molecule has 2 aromatic heterocycles. The number of H-pyrrole nitrogens is 1. The molecule has 0 atom stereocenters. The second kappa shape index (κ2) is 3.62. The quantitative estimate of drug-likeness (QED) is 0.813. The number of aromatic nitrogens is 3. The van der Waals surface area contributed by atoms with Gasteiger partial charge in [0.1, 0.15) is 0 Å². The van der Waals surface area contributed by atoms with E-state index in [2.05, 4.69) is 15.0 Å². The Labute approximate surface area is 89.4 Å². The van der Waals surface area contributed by atoms with E-state index in [1.807, 2.05) is 0 Å². The van der Waals surface area contributed by atoms with Crippen LogP contribution < -0.4 is 0 Å². The number of hydrogen-bond donors (Lipinski definition) is 1. The minimum atomic E-state index is -4.45. The Kier molecular flexibility index (Phi) is 2.41. The van der Waals surface area contributed by atoms with Crippen molar-refractivity contribution < 1.29 is 13.2 Å². The molecule has 0 aliphatic heterocycles. The number of nitrogens with one attached hydrogen (secondary N) is 1. The molecule has 0 saturated carbocycles. The maximum Gasteiger partial charge on any atom is 0.449 e. The number of aryl methyl sites for hydroxylation is 1.